The molecule has 3 heterocycles. The average Bonchev–Trinajstić information content (AvgIpc) is 3.56. The van der Waals surface area contributed by atoms with Crippen LogP contribution < -0.4 is 5.32 Å². The molecule has 2 fully saturated rings. The number of rotatable bonds is 10. The molecule has 0 bridgehead atoms. The molecule has 5 rings (SSSR count). The molecule has 0 atom stereocenters. The molecule has 1 aliphatic carbocycles. The summed E-state index contributed by atoms with van der Waals surface area (Å²) in [6.07, 6.45) is 2.76. The SMILES string of the molecule is CCCC(=O)c1cnn(C2CCC(NC(=O)c3cn(CC(=O)N4CCN(CCC(F)(F)F)CC4)c4ccc(Cl)cc34)CC2)c1C. The van der Waals surface area contributed by atoms with Crippen molar-refractivity contribution in [2.24, 2.45) is 0 Å². The number of nitrogens with zero attached hydrogens (tertiary/aromatic N) is 5. The van der Waals surface area contributed by atoms with Gasteiger partial charge in [0.2, 0.25) is 5.91 Å². The summed E-state index contributed by atoms with van der Waals surface area (Å²) in [6, 6.07) is 5.36. The first kappa shape index (κ1) is 33.0. The van der Waals surface area contributed by atoms with Crippen LogP contribution in [0.15, 0.2) is 30.6 Å². The van der Waals surface area contributed by atoms with Crippen molar-refractivity contribution in [2.75, 3.05) is 32.7 Å². The van der Waals surface area contributed by atoms with Gasteiger partial charge in [-0.3, -0.25) is 24.0 Å². The monoisotopic (exact) mass is 648 g/mol. The van der Waals surface area contributed by atoms with Crippen molar-refractivity contribution in [3.05, 3.63) is 52.4 Å². The number of ketones is 1. The molecule has 2 aliphatic rings. The summed E-state index contributed by atoms with van der Waals surface area (Å²) in [5.74, 6) is -0.278. The van der Waals surface area contributed by atoms with Crippen LogP contribution >= 0.6 is 11.6 Å². The Morgan fingerprint density at radius 3 is 2.42 bits per heavy atom. The third-order valence-corrected chi connectivity index (χ3v) is 9.26. The van der Waals surface area contributed by atoms with Gasteiger partial charge in [0.1, 0.15) is 6.54 Å². The zero-order valence-corrected chi connectivity index (χ0v) is 26.5. The molecule has 1 saturated heterocycles. The quantitative estimate of drug-likeness (QED) is 0.281. The Morgan fingerprint density at radius 2 is 1.76 bits per heavy atom. The van der Waals surface area contributed by atoms with E-state index in [1.165, 1.54) is 0 Å². The number of alkyl halides is 3. The first-order chi connectivity index (χ1) is 21.4. The molecule has 244 valence electrons. The molecule has 0 radical (unpaired) electrons. The standard InChI is InChI=1S/C32H40ClF3N6O3/c1-3-4-29(43)26-18-37-42(21(26)2)24-8-6-23(7-9-24)38-31(45)27-19-41(28-10-5-22(33)17-25(27)28)20-30(44)40-15-13-39(14-16-40)12-11-32(34,35)36/h5,10,17-19,23-24H,3-4,6-9,11-16,20H2,1-2H3,(H,38,45). The number of fused-ring (bicyclic) bond motifs is 1. The maximum absolute atomic E-state index is 13.5. The zero-order chi connectivity index (χ0) is 32.3. The lowest BCUT2D eigenvalue weighted by Crippen LogP contribution is -2.50. The highest BCUT2D eigenvalue weighted by atomic mass is 35.5. The van der Waals surface area contributed by atoms with E-state index in [0.29, 0.717) is 59.7 Å². The van der Waals surface area contributed by atoms with Crippen LogP contribution in [0.2, 0.25) is 5.02 Å². The Kier molecular flexibility index (Phi) is 10.2. The fourth-order valence-corrected chi connectivity index (χ4v) is 6.66. The second kappa shape index (κ2) is 13.9. The number of piperazine rings is 1. The summed E-state index contributed by atoms with van der Waals surface area (Å²) in [7, 11) is 0. The van der Waals surface area contributed by atoms with Gasteiger partial charge < -0.3 is 14.8 Å². The fraction of sp³-hybridized carbons (Fsp3) is 0.562. The van der Waals surface area contributed by atoms with E-state index in [2.05, 4.69) is 10.4 Å². The van der Waals surface area contributed by atoms with Crippen LogP contribution in [0.4, 0.5) is 13.2 Å². The molecule has 45 heavy (non-hydrogen) atoms. The Bertz CT molecular complexity index is 1530. The first-order valence-electron chi connectivity index (χ1n) is 15.7. The Morgan fingerprint density at radius 1 is 1.04 bits per heavy atom. The number of benzene rings is 1. The highest BCUT2D eigenvalue weighted by Gasteiger charge is 2.30. The number of aromatic nitrogens is 3. The highest BCUT2D eigenvalue weighted by Crippen LogP contribution is 2.31. The van der Waals surface area contributed by atoms with Crippen LogP contribution in [0.5, 0.6) is 0 Å². The maximum Gasteiger partial charge on any atom is 0.390 e. The van der Waals surface area contributed by atoms with E-state index in [1.807, 2.05) is 18.5 Å². The molecule has 0 unspecified atom stereocenters. The fourth-order valence-electron chi connectivity index (χ4n) is 6.49. The van der Waals surface area contributed by atoms with E-state index in [4.69, 9.17) is 11.6 Å². The van der Waals surface area contributed by atoms with E-state index in [-0.39, 0.29) is 42.8 Å². The lowest BCUT2D eigenvalue weighted by molar-refractivity contribution is -0.141. The summed E-state index contributed by atoms with van der Waals surface area (Å²) in [5, 5.41) is 8.81. The van der Waals surface area contributed by atoms with Gasteiger partial charge in [0.05, 0.1) is 29.8 Å². The van der Waals surface area contributed by atoms with Crippen LogP contribution in [0, 0.1) is 6.92 Å². The smallest absolute Gasteiger partial charge is 0.349 e. The molecule has 1 aliphatic heterocycles. The number of Topliss-reactive ketones (excluding diaryl/α,β-unsaturated/α-hetero) is 1. The lowest BCUT2D eigenvalue weighted by Gasteiger charge is -2.35. The first-order valence-corrected chi connectivity index (χ1v) is 16.0. The molecule has 1 aromatic carbocycles. The van der Waals surface area contributed by atoms with E-state index >= 15 is 0 Å². The molecule has 13 heteroatoms. The number of nitrogens with one attached hydrogen (secondary N) is 1. The second-order valence-electron chi connectivity index (χ2n) is 12.2. The van der Waals surface area contributed by atoms with Gasteiger partial charge in [-0.1, -0.05) is 18.5 Å². The number of halogens is 4. The summed E-state index contributed by atoms with van der Waals surface area (Å²) >= 11 is 6.30. The molecule has 1 N–H and O–H groups in total. The van der Waals surface area contributed by atoms with Crippen molar-refractivity contribution >= 4 is 40.1 Å². The van der Waals surface area contributed by atoms with Crippen molar-refractivity contribution < 1.29 is 27.6 Å². The molecule has 2 aromatic heterocycles. The van der Waals surface area contributed by atoms with Crippen molar-refractivity contribution in [3.8, 4) is 0 Å². The van der Waals surface area contributed by atoms with Crippen LogP contribution in [-0.4, -0.2) is 86.7 Å². The van der Waals surface area contributed by atoms with Crippen LogP contribution in [-0.2, 0) is 11.3 Å². The van der Waals surface area contributed by atoms with Gasteiger partial charge in [0.15, 0.2) is 5.78 Å². The van der Waals surface area contributed by atoms with Crippen molar-refractivity contribution in [2.45, 2.75) is 83.6 Å². The van der Waals surface area contributed by atoms with E-state index < -0.39 is 12.6 Å². The van der Waals surface area contributed by atoms with Crippen LogP contribution in [0.25, 0.3) is 10.9 Å². The molecule has 9 nitrogen and oxygen atoms in total. The molecular weight excluding hydrogens is 609 g/mol. The van der Waals surface area contributed by atoms with Crippen molar-refractivity contribution in [1.82, 2.24) is 29.5 Å². The highest BCUT2D eigenvalue weighted by molar-refractivity contribution is 6.31. The average molecular weight is 649 g/mol. The van der Waals surface area contributed by atoms with Gasteiger partial charge in [-0.15, -0.1) is 0 Å². The Hall–Kier alpha value is -3.38. The number of carbonyl (C=O) groups excluding carboxylic acids is 3. The summed E-state index contributed by atoms with van der Waals surface area (Å²) in [6.45, 7) is 5.34. The van der Waals surface area contributed by atoms with Gasteiger partial charge in [0, 0.05) is 73.0 Å². The van der Waals surface area contributed by atoms with E-state index in [1.54, 1.807) is 45.0 Å². The summed E-state index contributed by atoms with van der Waals surface area (Å²) in [4.78, 5) is 42.6. The van der Waals surface area contributed by atoms with E-state index in [0.717, 1.165) is 37.8 Å². The minimum absolute atomic E-state index is 0.00500. The predicted molar refractivity (Wildman–Crippen MR) is 166 cm³/mol. The van der Waals surface area contributed by atoms with Gasteiger partial charge >= 0.3 is 6.18 Å². The third-order valence-electron chi connectivity index (χ3n) is 9.03. The topological polar surface area (TPSA) is 92.5 Å². The largest absolute Gasteiger partial charge is 0.390 e. The second-order valence-corrected chi connectivity index (χ2v) is 12.6. The predicted octanol–water partition coefficient (Wildman–Crippen LogP) is 5.79. The van der Waals surface area contributed by atoms with Crippen LogP contribution in [0.3, 0.4) is 0 Å². The third kappa shape index (κ3) is 7.89. The van der Waals surface area contributed by atoms with Gasteiger partial charge in [-0.25, -0.2) is 0 Å². The summed E-state index contributed by atoms with van der Waals surface area (Å²) in [5.41, 5.74) is 2.71. The molecule has 0 spiro atoms. The number of carbonyl (C=O) groups is 3. The number of amides is 2. The maximum atomic E-state index is 13.5. The summed E-state index contributed by atoms with van der Waals surface area (Å²) < 4.78 is 41.5. The molecule has 3 aromatic rings. The number of hydrogen-bond donors (Lipinski definition) is 1. The Balaban J connectivity index is 1.20. The number of hydrogen-bond acceptors (Lipinski definition) is 5. The van der Waals surface area contributed by atoms with Crippen molar-refractivity contribution in [1.29, 1.82) is 0 Å². The molecule has 2 amide bonds. The van der Waals surface area contributed by atoms with Gasteiger partial charge in [0.25, 0.3) is 5.91 Å². The van der Waals surface area contributed by atoms with Gasteiger partial charge in [-0.05, 0) is 57.2 Å². The minimum Gasteiger partial charge on any atom is -0.349 e. The van der Waals surface area contributed by atoms with Crippen LogP contribution in [0.1, 0.15) is 84.3 Å². The van der Waals surface area contributed by atoms with E-state index in [9.17, 15) is 27.6 Å². The molecular formula is C32H40ClF3N6O3. The molecule has 1 saturated carbocycles. The Labute approximate surface area is 265 Å². The lowest BCUT2D eigenvalue weighted by atomic mass is 9.90. The van der Waals surface area contributed by atoms with Crippen molar-refractivity contribution in [3.63, 3.8) is 0 Å². The van der Waals surface area contributed by atoms with Gasteiger partial charge in [-0.2, -0.15) is 18.3 Å². The minimum atomic E-state index is -4.20. The zero-order valence-electron chi connectivity index (χ0n) is 25.7. The normalized spacial score (nSPS) is 19.6.